The van der Waals surface area contributed by atoms with Crippen LogP contribution in [0.5, 0.6) is 0 Å². The SMILES string of the molecule is CNc1c(F)c(NC2CCN(C)CC2)c(Cl)c2c1c(=O)c(C(=O)NN=N)c1n2C(C)(C)CC1. The number of nitrogens with zero attached hydrogens (tertiary/aromatic N) is 3. The van der Waals surface area contributed by atoms with Gasteiger partial charge in [0.25, 0.3) is 5.91 Å². The van der Waals surface area contributed by atoms with Crippen LogP contribution in [0.4, 0.5) is 15.8 Å². The van der Waals surface area contributed by atoms with Gasteiger partial charge in [0.15, 0.2) is 5.82 Å². The van der Waals surface area contributed by atoms with Gasteiger partial charge in [-0.2, -0.15) is 5.53 Å². The van der Waals surface area contributed by atoms with Crippen LogP contribution in [0.3, 0.4) is 0 Å². The number of anilines is 2. The molecule has 1 aromatic heterocycles. The highest BCUT2D eigenvalue weighted by Gasteiger charge is 2.38. The first-order chi connectivity index (χ1) is 15.6. The van der Waals surface area contributed by atoms with Gasteiger partial charge in [-0.3, -0.25) is 9.59 Å². The van der Waals surface area contributed by atoms with Gasteiger partial charge >= 0.3 is 0 Å². The summed E-state index contributed by atoms with van der Waals surface area (Å²) < 4.78 is 17.7. The molecule has 0 aliphatic carbocycles. The first-order valence-electron chi connectivity index (χ1n) is 11.0. The Morgan fingerprint density at radius 2 is 1.94 bits per heavy atom. The van der Waals surface area contributed by atoms with E-state index in [2.05, 4.69) is 27.8 Å². The number of nitrogens with one attached hydrogen (secondary N) is 4. The second kappa shape index (κ2) is 8.57. The summed E-state index contributed by atoms with van der Waals surface area (Å²) in [4.78, 5) is 28.5. The van der Waals surface area contributed by atoms with E-state index in [1.807, 2.05) is 23.8 Å². The minimum atomic E-state index is -0.787. The van der Waals surface area contributed by atoms with Gasteiger partial charge in [0, 0.05) is 24.3 Å². The Hall–Kier alpha value is -2.72. The number of benzene rings is 1. The Morgan fingerprint density at radius 1 is 1.27 bits per heavy atom. The lowest BCUT2D eigenvalue weighted by Crippen LogP contribution is -2.37. The number of amides is 1. The second-order valence-corrected chi connectivity index (χ2v) is 9.80. The molecular weight excluding hydrogens is 449 g/mol. The molecule has 1 fully saturated rings. The maximum atomic E-state index is 15.8. The molecule has 1 aromatic carbocycles. The maximum Gasteiger partial charge on any atom is 0.278 e. The van der Waals surface area contributed by atoms with Crippen molar-refractivity contribution >= 4 is 39.8 Å². The number of pyridine rings is 1. The van der Waals surface area contributed by atoms with Crippen molar-refractivity contribution < 1.29 is 9.18 Å². The molecular formula is C22H29ClFN7O2. The molecule has 2 aliphatic rings. The number of hydrogen-bond donors (Lipinski definition) is 4. The first-order valence-corrected chi connectivity index (χ1v) is 11.4. The molecule has 33 heavy (non-hydrogen) atoms. The molecule has 2 aromatic rings. The number of hydrogen-bond acceptors (Lipinski definition) is 7. The molecule has 9 nitrogen and oxygen atoms in total. The van der Waals surface area contributed by atoms with Crippen LogP contribution in [0.15, 0.2) is 10.0 Å². The second-order valence-electron chi connectivity index (χ2n) is 9.42. The molecule has 0 bridgehead atoms. The lowest BCUT2D eigenvalue weighted by atomic mass is 10.0. The van der Waals surface area contributed by atoms with Gasteiger partial charge in [-0.1, -0.05) is 16.8 Å². The number of carbonyl (C=O) groups excluding carboxylic acids is 1. The third kappa shape index (κ3) is 3.74. The first kappa shape index (κ1) is 23.4. The van der Waals surface area contributed by atoms with E-state index in [4.69, 9.17) is 17.1 Å². The maximum absolute atomic E-state index is 15.8. The summed E-state index contributed by atoms with van der Waals surface area (Å²) in [6.07, 6.45) is 2.83. The Morgan fingerprint density at radius 3 is 2.55 bits per heavy atom. The van der Waals surface area contributed by atoms with Crippen LogP contribution >= 0.6 is 11.6 Å². The number of halogens is 2. The fraction of sp³-hybridized carbons (Fsp3) is 0.545. The Balaban J connectivity index is 2.04. The molecule has 4 N–H and O–H groups in total. The van der Waals surface area contributed by atoms with Gasteiger partial charge < -0.3 is 20.1 Å². The van der Waals surface area contributed by atoms with Gasteiger partial charge in [-0.25, -0.2) is 9.82 Å². The summed E-state index contributed by atoms with van der Waals surface area (Å²) in [5.74, 6) is -1.44. The number of rotatable bonds is 5. The monoisotopic (exact) mass is 477 g/mol. The normalized spacial score (nSPS) is 18.2. The molecule has 4 rings (SSSR count). The van der Waals surface area contributed by atoms with Gasteiger partial charge in [-0.15, -0.1) is 0 Å². The van der Waals surface area contributed by atoms with Crippen molar-refractivity contribution in [2.45, 2.75) is 51.1 Å². The third-order valence-corrected chi connectivity index (χ3v) is 7.24. The van der Waals surface area contributed by atoms with E-state index < -0.39 is 22.7 Å². The Bertz CT molecular complexity index is 1200. The quantitative estimate of drug-likeness (QED) is 0.387. The van der Waals surface area contributed by atoms with Crippen molar-refractivity contribution in [3.63, 3.8) is 0 Å². The van der Waals surface area contributed by atoms with E-state index in [0.29, 0.717) is 24.1 Å². The molecule has 0 spiro atoms. The van der Waals surface area contributed by atoms with E-state index >= 15 is 4.39 Å². The van der Waals surface area contributed by atoms with E-state index in [-0.39, 0.29) is 33.4 Å². The van der Waals surface area contributed by atoms with Crippen molar-refractivity contribution in [3.05, 3.63) is 32.3 Å². The average molecular weight is 478 g/mol. The molecule has 0 atom stereocenters. The van der Waals surface area contributed by atoms with E-state index in [0.717, 1.165) is 25.9 Å². The van der Waals surface area contributed by atoms with Crippen molar-refractivity contribution in [1.29, 1.82) is 5.53 Å². The lowest BCUT2D eigenvalue weighted by molar-refractivity contribution is 0.0948. The van der Waals surface area contributed by atoms with E-state index in [1.165, 1.54) is 7.05 Å². The highest BCUT2D eigenvalue weighted by molar-refractivity contribution is 6.38. The van der Waals surface area contributed by atoms with Crippen LogP contribution < -0.4 is 21.5 Å². The van der Waals surface area contributed by atoms with Crippen molar-refractivity contribution in [1.82, 2.24) is 14.9 Å². The predicted octanol–water partition coefficient (Wildman–Crippen LogP) is 3.70. The number of fused-ring (bicyclic) bond motifs is 3. The summed E-state index contributed by atoms with van der Waals surface area (Å²) in [5, 5.41) is 9.19. The summed E-state index contributed by atoms with van der Waals surface area (Å²) >= 11 is 6.85. The molecule has 11 heteroatoms. The third-order valence-electron chi connectivity index (χ3n) is 6.87. The minimum Gasteiger partial charge on any atom is -0.385 e. The standard InChI is InChI=1S/C22H29ClFN7O2/c1-22(2)8-5-12-13(21(33)28-29-25)20(32)14-17(26-3)16(24)18(15(23)19(14)31(12)22)27-11-6-9-30(4)10-7-11/h11,26-27H,5-10H2,1-4H3,(H2,25,28,33). The zero-order valence-electron chi connectivity index (χ0n) is 19.2. The van der Waals surface area contributed by atoms with Crippen molar-refractivity contribution in [2.24, 2.45) is 5.22 Å². The van der Waals surface area contributed by atoms with Gasteiger partial charge in [0.2, 0.25) is 5.43 Å². The van der Waals surface area contributed by atoms with Crippen LogP contribution in [0.25, 0.3) is 10.9 Å². The largest absolute Gasteiger partial charge is 0.385 e. The average Bonchev–Trinajstić information content (AvgIpc) is 3.07. The van der Waals surface area contributed by atoms with Gasteiger partial charge in [0.05, 0.1) is 27.3 Å². The fourth-order valence-corrected chi connectivity index (χ4v) is 5.43. The van der Waals surface area contributed by atoms with Crippen LogP contribution in [0.2, 0.25) is 5.02 Å². The number of carbonyl (C=O) groups is 1. The topological polar surface area (TPSA) is 115 Å². The fourth-order valence-electron chi connectivity index (χ4n) is 5.11. The van der Waals surface area contributed by atoms with E-state index in [1.54, 1.807) is 0 Å². The molecule has 2 aliphatic heterocycles. The zero-order chi connectivity index (χ0) is 24.1. The summed E-state index contributed by atoms with van der Waals surface area (Å²) in [7, 11) is 3.59. The molecule has 1 saturated heterocycles. The smallest absolute Gasteiger partial charge is 0.278 e. The number of piperidine rings is 1. The Kier molecular flexibility index (Phi) is 6.09. The summed E-state index contributed by atoms with van der Waals surface area (Å²) in [5.41, 5.74) is 8.86. The molecule has 0 unspecified atom stereocenters. The van der Waals surface area contributed by atoms with Crippen molar-refractivity contribution in [2.75, 3.05) is 37.8 Å². The summed E-state index contributed by atoms with van der Waals surface area (Å²) in [6.45, 7) is 5.77. The van der Waals surface area contributed by atoms with Gasteiger partial charge in [0.1, 0.15) is 5.56 Å². The highest BCUT2D eigenvalue weighted by atomic mass is 35.5. The highest BCUT2D eigenvalue weighted by Crippen LogP contribution is 2.44. The zero-order valence-corrected chi connectivity index (χ0v) is 20.0. The number of likely N-dealkylation sites (tertiary alicyclic amines) is 1. The molecule has 0 radical (unpaired) electrons. The molecule has 0 saturated carbocycles. The van der Waals surface area contributed by atoms with Crippen LogP contribution in [0, 0.1) is 11.3 Å². The lowest BCUT2D eigenvalue weighted by Gasteiger charge is -2.32. The molecule has 178 valence electrons. The van der Waals surface area contributed by atoms with Crippen molar-refractivity contribution in [3.8, 4) is 0 Å². The molecule has 3 heterocycles. The minimum absolute atomic E-state index is 0.00955. The van der Waals surface area contributed by atoms with Crippen LogP contribution in [-0.2, 0) is 12.0 Å². The number of aromatic nitrogens is 1. The van der Waals surface area contributed by atoms with Gasteiger partial charge in [-0.05, 0) is 59.7 Å². The molecule has 1 amide bonds. The van der Waals surface area contributed by atoms with E-state index in [9.17, 15) is 9.59 Å². The summed E-state index contributed by atoms with van der Waals surface area (Å²) in [6, 6.07) is 0.0526. The van der Waals surface area contributed by atoms with Crippen LogP contribution in [-0.4, -0.2) is 48.6 Å². The van der Waals surface area contributed by atoms with Crippen LogP contribution in [0.1, 0.15) is 49.2 Å². The predicted molar refractivity (Wildman–Crippen MR) is 127 cm³/mol. The Labute approximate surface area is 196 Å².